The number of carboxylic acid groups (broad SMARTS) is 1. The van der Waals surface area contributed by atoms with Gasteiger partial charge >= 0.3 is 5.97 Å². The number of hydrogen-bond donors (Lipinski definition) is 1. The van der Waals surface area contributed by atoms with Gasteiger partial charge in [-0.3, -0.25) is 0 Å². The minimum atomic E-state index is -1.11. The average Bonchev–Trinajstić information content (AvgIpc) is 2.80. The molecule has 0 spiro atoms. The van der Waals surface area contributed by atoms with Crippen LogP contribution in [0, 0.1) is 0 Å². The first-order valence-electron chi connectivity index (χ1n) is 5.51. The van der Waals surface area contributed by atoms with Gasteiger partial charge in [0.15, 0.2) is 0 Å². The van der Waals surface area contributed by atoms with Crippen LogP contribution < -0.4 is 9.47 Å². The smallest absolute Gasteiger partial charge is 0.352 e. The lowest BCUT2D eigenvalue weighted by atomic mass is 10.2. The molecule has 5 nitrogen and oxygen atoms in total. The first kappa shape index (κ1) is 14.6. The summed E-state index contributed by atoms with van der Waals surface area (Å²) in [6, 6.07) is 4.49. The normalized spacial score (nSPS) is 10.4. The first-order valence-corrected chi connectivity index (χ1v) is 6.26. The molecule has 1 N–H and O–H groups in total. The third kappa shape index (κ3) is 2.55. The Bertz CT molecular complexity index is 667. The van der Waals surface area contributed by atoms with E-state index >= 15 is 0 Å². The molecular weight excluding hydrogens is 305 g/mol. The predicted molar refractivity (Wildman–Crippen MR) is 75.9 cm³/mol. The van der Waals surface area contributed by atoms with Crippen molar-refractivity contribution in [1.82, 2.24) is 4.57 Å². The fourth-order valence-corrected chi connectivity index (χ4v) is 2.26. The number of aromatic nitrogens is 1. The van der Waals surface area contributed by atoms with Gasteiger partial charge in [-0.05, 0) is 12.1 Å². The minimum absolute atomic E-state index is 0.00883. The third-order valence-electron chi connectivity index (χ3n) is 2.72. The van der Waals surface area contributed by atoms with Crippen molar-refractivity contribution in [3.05, 3.63) is 40.1 Å². The van der Waals surface area contributed by atoms with Gasteiger partial charge in [0.05, 0.1) is 30.0 Å². The molecule has 1 heterocycles. The van der Waals surface area contributed by atoms with Crippen LogP contribution in [0.4, 0.5) is 0 Å². The number of ether oxygens (including phenoxy) is 2. The predicted octanol–water partition coefficient (Wildman–Crippen LogP) is 3.50. The van der Waals surface area contributed by atoms with E-state index in [1.807, 2.05) is 0 Å². The zero-order valence-corrected chi connectivity index (χ0v) is 12.2. The Morgan fingerprint density at radius 1 is 1.15 bits per heavy atom. The van der Waals surface area contributed by atoms with Gasteiger partial charge in [-0.2, -0.15) is 0 Å². The van der Waals surface area contributed by atoms with Crippen LogP contribution >= 0.6 is 23.2 Å². The number of rotatable bonds is 4. The Morgan fingerprint density at radius 3 is 2.35 bits per heavy atom. The number of carbonyl (C=O) groups is 1. The summed E-state index contributed by atoms with van der Waals surface area (Å²) in [5.41, 5.74) is 0.470. The summed E-state index contributed by atoms with van der Waals surface area (Å²) >= 11 is 11.9. The summed E-state index contributed by atoms with van der Waals surface area (Å²) in [6.45, 7) is 0. The molecule has 2 rings (SSSR count). The van der Waals surface area contributed by atoms with Crippen LogP contribution in [0.1, 0.15) is 10.5 Å². The van der Waals surface area contributed by atoms with Gasteiger partial charge in [-0.1, -0.05) is 23.2 Å². The molecule has 0 aliphatic heterocycles. The topological polar surface area (TPSA) is 60.7 Å². The Balaban J connectivity index is 2.69. The van der Waals surface area contributed by atoms with Crippen molar-refractivity contribution in [2.45, 2.75) is 0 Å². The van der Waals surface area contributed by atoms with Crippen molar-refractivity contribution < 1.29 is 19.4 Å². The van der Waals surface area contributed by atoms with E-state index in [4.69, 9.17) is 32.7 Å². The van der Waals surface area contributed by atoms with Crippen LogP contribution in [-0.4, -0.2) is 29.9 Å². The van der Waals surface area contributed by atoms with Gasteiger partial charge < -0.3 is 19.1 Å². The monoisotopic (exact) mass is 315 g/mol. The molecule has 0 radical (unpaired) electrons. The van der Waals surface area contributed by atoms with E-state index in [1.54, 1.807) is 12.1 Å². The molecule has 7 heteroatoms. The number of benzene rings is 1. The fourth-order valence-electron chi connectivity index (χ4n) is 1.83. The highest BCUT2D eigenvalue weighted by atomic mass is 35.5. The molecule has 0 fully saturated rings. The second kappa shape index (κ2) is 5.64. The highest BCUT2D eigenvalue weighted by molar-refractivity contribution is 6.32. The second-order valence-corrected chi connectivity index (χ2v) is 4.72. The van der Waals surface area contributed by atoms with Crippen molar-refractivity contribution in [2.75, 3.05) is 14.2 Å². The third-order valence-corrected chi connectivity index (χ3v) is 3.22. The minimum Gasteiger partial charge on any atom is -0.495 e. The highest BCUT2D eigenvalue weighted by Crippen LogP contribution is 2.36. The lowest BCUT2D eigenvalue weighted by molar-refractivity contribution is 0.0688. The molecule has 20 heavy (non-hydrogen) atoms. The molecule has 0 bridgehead atoms. The maximum atomic E-state index is 11.2. The standard InChI is InChI=1S/C13H11Cl2NO4/c1-19-11-5-12(20-2)9(4-8(11)15)16-6-7(14)3-10(16)13(17)18/h3-6H,1-2H3,(H,17,18). The van der Waals surface area contributed by atoms with Crippen molar-refractivity contribution in [1.29, 1.82) is 0 Å². The molecule has 2 aromatic rings. The van der Waals surface area contributed by atoms with E-state index in [0.29, 0.717) is 27.2 Å². The van der Waals surface area contributed by atoms with Crippen LogP contribution in [0.2, 0.25) is 10.0 Å². The van der Waals surface area contributed by atoms with Crippen molar-refractivity contribution >= 4 is 29.2 Å². The van der Waals surface area contributed by atoms with Crippen LogP contribution in [-0.2, 0) is 0 Å². The molecule has 0 unspecified atom stereocenters. The molecule has 1 aromatic heterocycles. The number of methoxy groups -OCH3 is 2. The second-order valence-electron chi connectivity index (χ2n) is 3.88. The summed E-state index contributed by atoms with van der Waals surface area (Å²) < 4.78 is 11.7. The Morgan fingerprint density at radius 2 is 1.80 bits per heavy atom. The first-order chi connectivity index (χ1) is 9.47. The summed E-state index contributed by atoms with van der Waals surface area (Å²) in [7, 11) is 2.95. The maximum absolute atomic E-state index is 11.2. The molecule has 0 saturated carbocycles. The van der Waals surface area contributed by atoms with Crippen LogP contribution in [0.25, 0.3) is 5.69 Å². The SMILES string of the molecule is COc1cc(OC)c(-n2cc(Cl)cc2C(=O)O)cc1Cl. The molecule has 0 aliphatic rings. The number of aromatic carboxylic acids is 1. The largest absolute Gasteiger partial charge is 0.495 e. The summed E-state index contributed by atoms with van der Waals surface area (Å²) in [4.78, 5) is 11.2. The molecule has 106 valence electrons. The van der Waals surface area contributed by atoms with Crippen LogP contribution in [0.3, 0.4) is 0 Å². The van der Waals surface area contributed by atoms with Crippen LogP contribution in [0.5, 0.6) is 11.5 Å². The van der Waals surface area contributed by atoms with Gasteiger partial charge in [0, 0.05) is 12.3 Å². The lowest BCUT2D eigenvalue weighted by Gasteiger charge is -2.14. The molecule has 0 aliphatic carbocycles. The molecule has 0 atom stereocenters. The number of hydrogen-bond acceptors (Lipinski definition) is 3. The van der Waals surface area contributed by atoms with E-state index in [2.05, 4.69) is 0 Å². The Kier molecular flexibility index (Phi) is 4.11. The van der Waals surface area contributed by atoms with Crippen molar-refractivity contribution in [3.63, 3.8) is 0 Å². The van der Waals surface area contributed by atoms with E-state index in [9.17, 15) is 9.90 Å². The van der Waals surface area contributed by atoms with Gasteiger partial charge in [0.1, 0.15) is 17.2 Å². The average molecular weight is 316 g/mol. The van der Waals surface area contributed by atoms with Crippen LogP contribution in [0.15, 0.2) is 24.4 Å². The molecule has 0 amide bonds. The van der Waals surface area contributed by atoms with Gasteiger partial charge in [-0.15, -0.1) is 0 Å². The number of carboxylic acids is 1. The van der Waals surface area contributed by atoms with E-state index in [0.717, 1.165) is 0 Å². The summed E-state index contributed by atoms with van der Waals surface area (Å²) in [6.07, 6.45) is 1.48. The zero-order chi connectivity index (χ0) is 14.9. The molecular formula is C13H11Cl2NO4. The Labute approximate surface area is 125 Å². The maximum Gasteiger partial charge on any atom is 0.352 e. The van der Waals surface area contributed by atoms with E-state index in [-0.39, 0.29) is 5.69 Å². The van der Waals surface area contributed by atoms with Crippen molar-refractivity contribution in [3.8, 4) is 17.2 Å². The number of halogens is 2. The van der Waals surface area contributed by atoms with Crippen molar-refractivity contribution in [2.24, 2.45) is 0 Å². The lowest BCUT2D eigenvalue weighted by Crippen LogP contribution is -2.07. The summed E-state index contributed by atoms with van der Waals surface area (Å²) in [5, 5.41) is 9.84. The van der Waals surface area contributed by atoms with Gasteiger partial charge in [0.25, 0.3) is 0 Å². The van der Waals surface area contributed by atoms with E-state index in [1.165, 1.54) is 31.0 Å². The van der Waals surface area contributed by atoms with Gasteiger partial charge in [-0.25, -0.2) is 4.79 Å². The highest BCUT2D eigenvalue weighted by Gasteiger charge is 2.18. The zero-order valence-electron chi connectivity index (χ0n) is 10.7. The van der Waals surface area contributed by atoms with E-state index < -0.39 is 5.97 Å². The number of nitrogens with zero attached hydrogens (tertiary/aromatic N) is 1. The fraction of sp³-hybridized carbons (Fsp3) is 0.154. The van der Waals surface area contributed by atoms with Gasteiger partial charge in [0.2, 0.25) is 0 Å². The summed E-state index contributed by atoms with van der Waals surface area (Å²) in [5.74, 6) is -0.255. The molecule has 0 saturated heterocycles. The Hall–Kier alpha value is -1.85. The molecule has 1 aromatic carbocycles. The quantitative estimate of drug-likeness (QED) is 0.938.